The fraction of sp³-hybridized carbons (Fsp3) is 0.167. The van der Waals surface area contributed by atoms with E-state index < -0.39 is 0 Å². The van der Waals surface area contributed by atoms with E-state index in [1.165, 1.54) is 21.9 Å². The first-order chi connectivity index (χ1) is 10.3. The van der Waals surface area contributed by atoms with Gasteiger partial charge in [0.05, 0.1) is 6.04 Å². The molecule has 1 atom stereocenters. The van der Waals surface area contributed by atoms with E-state index in [1.807, 2.05) is 18.5 Å². The molecule has 0 aliphatic rings. The molecule has 0 radical (unpaired) electrons. The molecular formula is C18H17BrN2. The Balaban J connectivity index is 2.05. The van der Waals surface area contributed by atoms with Crippen LogP contribution in [0.25, 0.3) is 10.8 Å². The van der Waals surface area contributed by atoms with E-state index in [9.17, 15) is 0 Å². The zero-order valence-corrected chi connectivity index (χ0v) is 13.5. The van der Waals surface area contributed by atoms with Gasteiger partial charge in [0.25, 0.3) is 0 Å². The van der Waals surface area contributed by atoms with Gasteiger partial charge < -0.3 is 5.32 Å². The number of pyridine rings is 1. The number of nitrogens with zero attached hydrogens (tertiary/aromatic N) is 1. The maximum absolute atomic E-state index is 4.24. The Labute approximate surface area is 133 Å². The summed E-state index contributed by atoms with van der Waals surface area (Å²) in [6.07, 6.45) is 3.74. The lowest BCUT2D eigenvalue weighted by Crippen LogP contribution is -2.22. The van der Waals surface area contributed by atoms with Gasteiger partial charge in [-0.3, -0.25) is 4.98 Å². The zero-order valence-electron chi connectivity index (χ0n) is 11.9. The molecule has 0 bridgehead atoms. The fourth-order valence-corrected chi connectivity index (χ4v) is 2.97. The van der Waals surface area contributed by atoms with Gasteiger partial charge in [0.15, 0.2) is 0 Å². The number of aromatic nitrogens is 1. The minimum Gasteiger partial charge on any atom is -0.306 e. The predicted molar refractivity (Wildman–Crippen MR) is 91.4 cm³/mol. The lowest BCUT2D eigenvalue weighted by atomic mass is 9.97. The largest absolute Gasteiger partial charge is 0.306 e. The Morgan fingerprint density at radius 1 is 1.05 bits per heavy atom. The molecule has 0 saturated carbocycles. The van der Waals surface area contributed by atoms with E-state index in [4.69, 9.17) is 0 Å². The van der Waals surface area contributed by atoms with Gasteiger partial charge in [0, 0.05) is 16.9 Å². The summed E-state index contributed by atoms with van der Waals surface area (Å²) in [5.41, 5.74) is 2.45. The fourth-order valence-electron chi connectivity index (χ4n) is 2.59. The molecule has 0 aliphatic carbocycles. The monoisotopic (exact) mass is 340 g/mol. The second kappa shape index (κ2) is 6.37. The van der Waals surface area contributed by atoms with Crippen LogP contribution in [0.2, 0.25) is 0 Å². The van der Waals surface area contributed by atoms with Gasteiger partial charge in [0.1, 0.15) is 0 Å². The minimum atomic E-state index is 0.178. The van der Waals surface area contributed by atoms with Crippen molar-refractivity contribution in [1.82, 2.24) is 10.3 Å². The molecule has 0 spiro atoms. The van der Waals surface area contributed by atoms with Gasteiger partial charge in [-0.2, -0.15) is 0 Å². The van der Waals surface area contributed by atoms with Crippen molar-refractivity contribution in [3.05, 3.63) is 76.5 Å². The lowest BCUT2D eigenvalue weighted by molar-refractivity contribution is 0.629. The summed E-state index contributed by atoms with van der Waals surface area (Å²) in [5.74, 6) is 0. The van der Waals surface area contributed by atoms with Crippen LogP contribution in [-0.2, 0) is 0 Å². The Kier molecular flexibility index (Phi) is 4.32. The molecule has 1 unspecified atom stereocenters. The van der Waals surface area contributed by atoms with Crippen molar-refractivity contribution in [2.45, 2.75) is 13.0 Å². The molecule has 2 nitrogen and oxygen atoms in total. The first kappa shape index (κ1) is 14.2. The highest BCUT2D eigenvalue weighted by atomic mass is 79.9. The van der Waals surface area contributed by atoms with Crippen LogP contribution in [-0.4, -0.2) is 11.5 Å². The third-order valence-corrected chi connectivity index (χ3v) is 4.08. The van der Waals surface area contributed by atoms with Crippen LogP contribution >= 0.6 is 15.9 Å². The standard InChI is InChI=1S/C18H17BrN2/c1-2-21-18(16-4-3-9-20-12-16)15-6-5-14-11-17(19)8-7-13(14)10-15/h3-12,18,21H,2H2,1H3. The number of fused-ring (bicyclic) bond motifs is 1. The topological polar surface area (TPSA) is 24.9 Å². The molecule has 21 heavy (non-hydrogen) atoms. The van der Waals surface area contributed by atoms with Crippen molar-refractivity contribution >= 4 is 26.7 Å². The average Bonchev–Trinajstić information content (AvgIpc) is 2.53. The van der Waals surface area contributed by atoms with Gasteiger partial charge in [-0.25, -0.2) is 0 Å². The summed E-state index contributed by atoms with van der Waals surface area (Å²) in [7, 11) is 0. The maximum Gasteiger partial charge on any atom is 0.0592 e. The minimum absolute atomic E-state index is 0.178. The van der Waals surface area contributed by atoms with Crippen LogP contribution in [0.15, 0.2) is 65.4 Å². The molecular weight excluding hydrogens is 324 g/mol. The number of hydrogen-bond donors (Lipinski definition) is 1. The average molecular weight is 341 g/mol. The number of nitrogens with one attached hydrogen (secondary N) is 1. The van der Waals surface area contributed by atoms with E-state index >= 15 is 0 Å². The van der Waals surface area contributed by atoms with Gasteiger partial charge in [-0.15, -0.1) is 0 Å². The molecule has 3 aromatic rings. The molecule has 0 amide bonds. The van der Waals surface area contributed by atoms with Crippen LogP contribution in [0.4, 0.5) is 0 Å². The molecule has 0 saturated heterocycles. The Hall–Kier alpha value is -1.71. The van der Waals surface area contributed by atoms with Gasteiger partial charge >= 0.3 is 0 Å². The first-order valence-electron chi connectivity index (χ1n) is 7.10. The number of halogens is 1. The Morgan fingerprint density at radius 2 is 1.86 bits per heavy atom. The third-order valence-electron chi connectivity index (χ3n) is 3.59. The van der Waals surface area contributed by atoms with Crippen LogP contribution in [0.5, 0.6) is 0 Å². The molecule has 0 aliphatic heterocycles. The Bertz CT molecular complexity index is 741. The highest BCUT2D eigenvalue weighted by Crippen LogP contribution is 2.26. The summed E-state index contributed by atoms with van der Waals surface area (Å²) in [6.45, 7) is 3.04. The summed E-state index contributed by atoms with van der Waals surface area (Å²) in [4.78, 5) is 4.24. The molecule has 106 valence electrons. The van der Waals surface area contributed by atoms with Crippen molar-refractivity contribution < 1.29 is 0 Å². The molecule has 1 heterocycles. The van der Waals surface area contributed by atoms with Crippen LogP contribution in [0.3, 0.4) is 0 Å². The number of benzene rings is 2. The molecule has 3 heteroatoms. The van der Waals surface area contributed by atoms with Crippen molar-refractivity contribution in [2.24, 2.45) is 0 Å². The van der Waals surface area contributed by atoms with Crippen molar-refractivity contribution in [3.8, 4) is 0 Å². The number of rotatable bonds is 4. The summed E-state index contributed by atoms with van der Waals surface area (Å²) in [5, 5.41) is 6.04. The molecule has 1 N–H and O–H groups in total. The summed E-state index contributed by atoms with van der Waals surface area (Å²) < 4.78 is 1.11. The van der Waals surface area contributed by atoms with E-state index in [-0.39, 0.29) is 6.04 Å². The van der Waals surface area contributed by atoms with Crippen LogP contribution in [0, 0.1) is 0 Å². The van der Waals surface area contributed by atoms with E-state index in [1.54, 1.807) is 0 Å². The maximum atomic E-state index is 4.24. The van der Waals surface area contributed by atoms with E-state index in [0.717, 1.165) is 11.0 Å². The lowest BCUT2D eigenvalue weighted by Gasteiger charge is -2.19. The predicted octanol–water partition coefficient (Wildman–Crippen LogP) is 4.70. The molecule has 3 rings (SSSR count). The van der Waals surface area contributed by atoms with Crippen LogP contribution in [0.1, 0.15) is 24.1 Å². The highest BCUT2D eigenvalue weighted by molar-refractivity contribution is 9.10. The molecule has 0 fully saturated rings. The van der Waals surface area contributed by atoms with Crippen molar-refractivity contribution in [1.29, 1.82) is 0 Å². The summed E-state index contributed by atoms with van der Waals surface area (Å²) >= 11 is 3.52. The molecule has 2 aromatic carbocycles. The first-order valence-corrected chi connectivity index (χ1v) is 7.90. The third kappa shape index (κ3) is 3.14. The van der Waals surface area contributed by atoms with E-state index in [2.05, 4.69) is 75.6 Å². The summed E-state index contributed by atoms with van der Waals surface area (Å²) in [6, 6.07) is 17.3. The van der Waals surface area contributed by atoms with Crippen LogP contribution < -0.4 is 5.32 Å². The Morgan fingerprint density at radius 3 is 2.62 bits per heavy atom. The SMILES string of the molecule is CCNC(c1cccnc1)c1ccc2cc(Br)ccc2c1. The van der Waals surface area contributed by atoms with E-state index in [0.29, 0.717) is 0 Å². The highest BCUT2D eigenvalue weighted by Gasteiger charge is 2.13. The zero-order chi connectivity index (χ0) is 14.7. The van der Waals surface area contributed by atoms with Gasteiger partial charge in [-0.05, 0) is 52.7 Å². The molecule has 1 aromatic heterocycles. The van der Waals surface area contributed by atoms with Gasteiger partial charge in [0.2, 0.25) is 0 Å². The van der Waals surface area contributed by atoms with Crippen molar-refractivity contribution in [2.75, 3.05) is 6.54 Å². The van der Waals surface area contributed by atoms with Crippen molar-refractivity contribution in [3.63, 3.8) is 0 Å². The quantitative estimate of drug-likeness (QED) is 0.744. The normalized spacial score (nSPS) is 12.5. The second-order valence-electron chi connectivity index (χ2n) is 5.03. The second-order valence-corrected chi connectivity index (χ2v) is 5.94. The van der Waals surface area contributed by atoms with Gasteiger partial charge in [-0.1, -0.05) is 47.1 Å². The smallest absolute Gasteiger partial charge is 0.0592 e. The number of hydrogen-bond acceptors (Lipinski definition) is 2.